The van der Waals surface area contributed by atoms with E-state index in [2.05, 4.69) is 13.8 Å². The van der Waals surface area contributed by atoms with Gasteiger partial charge in [-0.15, -0.1) is 0 Å². The Kier molecular flexibility index (Phi) is 9.74. The number of benzene rings is 1. The van der Waals surface area contributed by atoms with Crippen LogP contribution in [0, 0.1) is 0 Å². The van der Waals surface area contributed by atoms with Crippen LogP contribution in [0.15, 0.2) is 12.1 Å². The van der Waals surface area contributed by atoms with E-state index in [9.17, 15) is 9.13 Å². The zero-order chi connectivity index (χ0) is 19.8. The van der Waals surface area contributed by atoms with Crippen LogP contribution in [0.3, 0.4) is 0 Å². The van der Waals surface area contributed by atoms with Gasteiger partial charge < -0.3 is 18.1 Å². The Labute approximate surface area is 157 Å². The van der Waals surface area contributed by atoms with Crippen molar-refractivity contribution in [2.24, 2.45) is 0 Å². The molecule has 1 aromatic carbocycles. The summed E-state index contributed by atoms with van der Waals surface area (Å²) in [6, 6.07) is 4.09. The van der Waals surface area contributed by atoms with Crippen molar-refractivity contribution < 1.29 is 27.2 Å². The summed E-state index contributed by atoms with van der Waals surface area (Å²) < 4.78 is 45.7. The zero-order valence-corrected chi connectivity index (χ0v) is 18.5. The van der Waals surface area contributed by atoms with E-state index in [1.54, 1.807) is 0 Å². The normalized spacial score (nSPS) is 12.5. The Hall–Kier alpha value is -0.480. The van der Waals surface area contributed by atoms with Gasteiger partial charge in [0.05, 0.1) is 12.3 Å². The van der Waals surface area contributed by atoms with Crippen LogP contribution in [0.2, 0.25) is 0 Å². The topological polar surface area (TPSA) is 71.1 Å². The fourth-order valence-electron chi connectivity index (χ4n) is 2.91. The van der Waals surface area contributed by atoms with Crippen molar-refractivity contribution in [3.8, 4) is 0 Å². The van der Waals surface area contributed by atoms with Crippen molar-refractivity contribution in [3.05, 3.63) is 34.4 Å². The molecule has 0 radical (unpaired) electrons. The molecule has 0 atom stereocenters. The van der Waals surface area contributed by atoms with Crippen LogP contribution < -0.4 is 0 Å². The van der Waals surface area contributed by atoms with Gasteiger partial charge in [0.1, 0.15) is 0 Å². The molecule has 150 valence electrons. The predicted octanol–water partition coefficient (Wildman–Crippen LogP) is 5.56. The lowest BCUT2D eigenvalue weighted by molar-refractivity contribution is 0.273. The molecule has 0 saturated carbocycles. The largest absolute Gasteiger partial charge is 0.334 e. The van der Waals surface area contributed by atoms with Crippen LogP contribution in [0.25, 0.3) is 0 Å². The van der Waals surface area contributed by atoms with Gasteiger partial charge in [0, 0.05) is 28.4 Å². The van der Waals surface area contributed by atoms with Crippen LogP contribution in [0.4, 0.5) is 0 Å². The van der Waals surface area contributed by atoms with Crippen molar-refractivity contribution >= 4 is 15.2 Å². The number of aryl methyl sites for hydroxylation is 2. The molecule has 0 heterocycles. The summed E-state index contributed by atoms with van der Waals surface area (Å²) in [7, 11) is -0.723. The summed E-state index contributed by atoms with van der Waals surface area (Å²) in [6.07, 6.45) is 3.97. The Morgan fingerprint density at radius 2 is 0.962 bits per heavy atom. The maximum atomic E-state index is 12.6. The first-order valence-electron chi connectivity index (χ1n) is 8.84. The van der Waals surface area contributed by atoms with E-state index >= 15 is 0 Å². The molecule has 1 rings (SSSR count). The SMILES string of the molecule is CCCc1cc(CP(=O)(OC)OC)c(CCC)cc1CP(=O)(OC)OC. The quantitative estimate of drug-likeness (QED) is 0.423. The lowest BCUT2D eigenvalue weighted by Gasteiger charge is -2.21. The van der Waals surface area contributed by atoms with Gasteiger partial charge in [0.2, 0.25) is 0 Å². The highest BCUT2D eigenvalue weighted by molar-refractivity contribution is 7.53. The van der Waals surface area contributed by atoms with Gasteiger partial charge in [-0.05, 0) is 35.1 Å². The highest BCUT2D eigenvalue weighted by Crippen LogP contribution is 2.52. The van der Waals surface area contributed by atoms with Crippen LogP contribution in [0.5, 0.6) is 0 Å². The highest BCUT2D eigenvalue weighted by atomic mass is 31.2. The Bertz CT molecular complexity index is 600. The third kappa shape index (κ3) is 6.30. The van der Waals surface area contributed by atoms with Gasteiger partial charge in [-0.1, -0.05) is 38.8 Å². The smallest absolute Gasteiger partial charge is 0.312 e. The monoisotopic (exact) mass is 406 g/mol. The molecule has 0 aliphatic carbocycles. The number of hydrogen-bond acceptors (Lipinski definition) is 6. The standard InChI is InChI=1S/C18H32O6P2/c1-7-9-15-11-18(14-26(20,23-5)24-6)16(10-8-2)12-17(15)13-25(19,21-3)22-4/h11-12H,7-10,13-14H2,1-6H3. The summed E-state index contributed by atoms with van der Waals surface area (Å²) in [5, 5.41) is 0. The molecule has 0 spiro atoms. The second-order valence-electron chi connectivity index (χ2n) is 6.16. The van der Waals surface area contributed by atoms with Crippen LogP contribution >= 0.6 is 15.2 Å². The third-order valence-corrected chi connectivity index (χ3v) is 8.08. The van der Waals surface area contributed by atoms with Gasteiger partial charge in [-0.3, -0.25) is 9.13 Å². The molecule has 1 aromatic rings. The first kappa shape index (κ1) is 23.6. The minimum absolute atomic E-state index is 0.221. The second kappa shape index (κ2) is 10.8. The summed E-state index contributed by atoms with van der Waals surface area (Å²) in [5.41, 5.74) is 4.04. The molecule has 0 fully saturated rings. The fraction of sp³-hybridized carbons (Fsp3) is 0.667. The van der Waals surface area contributed by atoms with Crippen LogP contribution in [-0.4, -0.2) is 28.4 Å². The number of hydrogen-bond donors (Lipinski definition) is 0. The van der Waals surface area contributed by atoms with Gasteiger partial charge in [0.15, 0.2) is 0 Å². The average Bonchev–Trinajstić information content (AvgIpc) is 2.65. The molecule has 26 heavy (non-hydrogen) atoms. The van der Waals surface area contributed by atoms with Gasteiger partial charge >= 0.3 is 15.2 Å². The summed E-state index contributed by atoms with van der Waals surface area (Å²) >= 11 is 0. The van der Waals surface area contributed by atoms with Gasteiger partial charge in [-0.2, -0.15) is 0 Å². The van der Waals surface area contributed by atoms with E-state index in [0.29, 0.717) is 0 Å². The van der Waals surface area contributed by atoms with Gasteiger partial charge in [0.25, 0.3) is 0 Å². The third-order valence-electron chi connectivity index (χ3n) is 4.40. The Morgan fingerprint density at radius 3 is 1.19 bits per heavy atom. The van der Waals surface area contributed by atoms with Crippen molar-refractivity contribution in [2.75, 3.05) is 28.4 Å². The maximum Gasteiger partial charge on any atom is 0.334 e. The molecule has 0 aromatic heterocycles. The summed E-state index contributed by atoms with van der Waals surface area (Å²) in [4.78, 5) is 0. The predicted molar refractivity (Wildman–Crippen MR) is 105 cm³/mol. The average molecular weight is 406 g/mol. The Balaban J connectivity index is 3.42. The van der Waals surface area contributed by atoms with E-state index in [0.717, 1.165) is 47.9 Å². The molecule has 0 aliphatic rings. The summed E-state index contributed by atoms with van der Waals surface area (Å²) in [6.45, 7) is 4.18. The van der Waals surface area contributed by atoms with E-state index in [1.807, 2.05) is 12.1 Å². The lowest BCUT2D eigenvalue weighted by Crippen LogP contribution is -2.05. The van der Waals surface area contributed by atoms with Crippen LogP contribution in [-0.2, 0) is 52.4 Å². The van der Waals surface area contributed by atoms with E-state index in [4.69, 9.17) is 18.1 Å². The minimum atomic E-state index is -3.16. The minimum Gasteiger partial charge on any atom is -0.312 e. The molecule has 8 heteroatoms. The number of rotatable bonds is 12. The van der Waals surface area contributed by atoms with Crippen molar-refractivity contribution in [3.63, 3.8) is 0 Å². The molecular weight excluding hydrogens is 374 g/mol. The van der Waals surface area contributed by atoms with Crippen molar-refractivity contribution in [1.82, 2.24) is 0 Å². The molecular formula is C18H32O6P2. The molecule has 0 bridgehead atoms. The molecule has 6 nitrogen and oxygen atoms in total. The van der Waals surface area contributed by atoms with E-state index < -0.39 is 15.2 Å². The molecule has 0 unspecified atom stereocenters. The first-order chi connectivity index (χ1) is 12.3. The van der Waals surface area contributed by atoms with Crippen LogP contribution in [0.1, 0.15) is 48.9 Å². The zero-order valence-electron chi connectivity index (χ0n) is 16.7. The second-order valence-corrected chi connectivity index (χ2v) is 10.7. The summed E-state index contributed by atoms with van der Waals surface area (Å²) in [5.74, 6) is 0. The highest BCUT2D eigenvalue weighted by Gasteiger charge is 2.27. The van der Waals surface area contributed by atoms with Crippen molar-refractivity contribution in [1.29, 1.82) is 0 Å². The van der Waals surface area contributed by atoms with E-state index in [-0.39, 0.29) is 12.3 Å². The first-order valence-corrected chi connectivity index (χ1v) is 12.3. The van der Waals surface area contributed by atoms with E-state index in [1.165, 1.54) is 28.4 Å². The molecule has 0 aliphatic heterocycles. The van der Waals surface area contributed by atoms with Gasteiger partial charge in [-0.25, -0.2) is 0 Å². The molecule has 0 N–H and O–H groups in total. The Morgan fingerprint density at radius 1 is 0.654 bits per heavy atom. The molecule has 0 amide bonds. The fourth-order valence-corrected chi connectivity index (χ4v) is 5.15. The lowest BCUT2D eigenvalue weighted by atomic mass is 9.95. The molecule has 0 saturated heterocycles. The van der Waals surface area contributed by atoms with Crippen molar-refractivity contribution in [2.45, 2.75) is 51.9 Å². The maximum absolute atomic E-state index is 12.6.